The predicted octanol–water partition coefficient (Wildman–Crippen LogP) is 4.17. The smallest absolute Gasteiger partial charge is 0.200 e. The Labute approximate surface area is 141 Å². The van der Waals surface area contributed by atoms with Crippen LogP contribution in [-0.2, 0) is 6.54 Å². The van der Waals surface area contributed by atoms with Crippen LogP contribution in [0.25, 0.3) is 0 Å². The van der Waals surface area contributed by atoms with E-state index in [1.165, 1.54) is 19.1 Å². The summed E-state index contributed by atoms with van der Waals surface area (Å²) in [5, 5.41) is 13.2. The molecule has 0 aliphatic rings. The molecule has 2 rings (SSSR count). The third-order valence-corrected chi connectivity index (χ3v) is 3.83. The molecule has 0 spiro atoms. The molecule has 0 aliphatic heterocycles. The Morgan fingerprint density at radius 2 is 1.73 bits per heavy atom. The van der Waals surface area contributed by atoms with Gasteiger partial charge in [0.15, 0.2) is 11.5 Å². The van der Waals surface area contributed by atoms with Crippen molar-refractivity contribution in [1.82, 2.24) is 0 Å². The number of hydrogen-bond donors (Lipinski definition) is 2. The van der Waals surface area contributed by atoms with Crippen molar-refractivity contribution in [3.63, 3.8) is 0 Å². The summed E-state index contributed by atoms with van der Waals surface area (Å²) >= 11 is 1.71. The van der Waals surface area contributed by atoms with Crippen molar-refractivity contribution in [2.75, 3.05) is 25.8 Å². The first kappa shape index (κ1) is 18.3. The number of ether oxygens (including phenoxy) is 2. The largest absolute Gasteiger partial charge is 0.502 e. The van der Waals surface area contributed by atoms with Crippen LogP contribution in [-0.4, -0.2) is 25.6 Å². The van der Waals surface area contributed by atoms with Crippen LogP contribution >= 0.6 is 24.2 Å². The minimum Gasteiger partial charge on any atom is -0.502 e. The molecular formula is C16H20ClNO3S. The molecule has 0 saturated carbocycles. The summed E-state index contributed by atoms with van der Waals surface area (Å²) in [7, 11) is 3.04. The van der Waals surface area contributed by atoms with Gasteiger partial charge in [-0.2, -0.15) is 0 Å². The molecule has 0 aliphatic carbocycles. The molecular weight excluding hydrogens is 322 g/mol. The first-order valence-electron chi connectivity index (χ1n) is 6.49. The molecule has 2 aromatic carbocycles. The zero-order valence-corrected chi connectivity index (χ0v) is 14.4. The fourth-order valence-corrected chi connectivity index (χ4v) is 2.45. The minimum absolute atomic E-state index is 0. The van der Waals surface area contributed by atoms with E-state index in [9.17, 15) is 5.11 Å². The van der Waals surface area contributed by atoms with E-state index in [4.69, 9.17) is 9.47 Å². The van der Waals surface area contributed by atoms with E-state index in [2.05, 4.69) is 23.7 Å². The zero-order chi connectivity index (χ0) is 15.2. The molecule has 4 nitrogen and oxygen atoms in total. The Kier molecular flexibility index (Phi) is 7.21. The van der Waals surface area contributed by atoms with Crippen LogP contribution in [0.4, 0.5) is 5.69 Å². The Morgan fingerprint density at radius 1 is 1.09 bits per heavy atom. The average molecular weight is 342 g/mol. The maximum atomic E-state index is 9.89. The lowest BCUT2D eigenvalue weighted by molar-refractivity contribution is 0.339. The molecule has 0 bridgehead atoms. The van der Waals surface area contributed by atoms with Crippen LogP contribution in [0.3, 0.4) is 0 Å². The van der Waals surface area contributed by atoms with Crippen molar-refractivity contribution in [2.24, 2.45) is 0 Å². The van der Waals surface area contributed by atoms with Crippen molar-refractivity contribution in [3.05, 3.63) is 42.0 Å². The molecule has 0 unspecified atom stereocenters. The van der Waals surface area contributed by atoms with Gasteiger partial charge < -0.3 is 19.9 Å². The SMILES string of the molecule is COc1cc(CNc2cccc(SC)c2)cc(OC)c1O.Cl. The lowest BCUT2D eigenvalue weighted by Gasteiger charge is -2.12. The van der Waals surface area contributed by atoms with Gasteiger partial charge in [-0.1, -0.05) is 6.07 Å². The van der Waals surface area contributed by atoms with Crippen molar-refractivity contribution in [2.45, 2.75) is 11.4 Å². The third kappa shape index (κ3) is 4.39. The molecule has 0 amide bonds. The lowest BCUT2D eigenvalue weighted by Crippen LogP contribution is -2.01. The molecule has 0 aromatic heterocycles. The van der Waals surface area contributed by atoms with Gasteiger partial charge in [-0.15, -0.1) is 24.2 Å². The van der Waals surface area contributed by atoms with Gasteiger partial charge in [0.25, 0.3) is 0 Å². The Hall–Kier alpha value is -1.72. The van der Waals surface area contributed by atoms with Gasteiger partial charge in [0, 0.05) is 17.1 Å². The highest BCUT2D eigenvalue weighted by Crippen LogP contribution is 2.37. The van der Waals surface area contributed by atoms with Crippen molar-refractivity contribution < 1.29 is 14.6 Å². The third-order valence-electron chi connectivity index (χ3n) is 3.11. The van der Waals surface area contributed by atoms with Gasteiger partial charge in [0.1, 0.15) is 0 Å². The summed E-state index contributed by atoms with van der Waals surface area (Å²) in [6.07, 6.45) is 2.05. The number of phenols is 1. The summed E-state index contributed by atoms with van der Waals surface area (Å²) in [6, 6.07) is 11.8. The fraction of sp³-hybridized carbons (Fsp3) is 0.250. The van der Waals surface area contributed by atoms with Crippen LogP contribution in [0, 0.1) is 0 Å². The van der Waals surface area contributed by atoms with E-state index in [1.807, 2.05) is 12.1 Å². The molecule has 6 heteroatoms. The van der Waals surface area contributed by atoms with E-state index < -0.39 is 0 Å². The van der Waals surface area contributed by atoms with E-state index in [-0.39, 0.29) is 18.2 Å². The molecule has 0 saturated heterocycles. The monoisotopic (exact) mass is 341 g/mol. The van der Waals surface area contributed by atoms with Crippen molar-refractivity contribution in [3.8, 4) is 17.2 Å². The first-order valence-corrected chi connectivity index (χ1v) is 7.72. The van der Waals surface area contributed by atoms with Crippen LogP contribution in [0.2, 0.25) is 0 Å². The fourth-order valence-electron chi connectivity index (χ4n) is 1.99. The molecule has 2 N–H and O–H groups in total. The van der Waals surface area contributed by atoms with Crippen molar-refractivity contribution >= 4 is 29.9 Å². The zero-order valence-electron chi connectivity index (χ0n) is 12.8. The second kappa shape index (κ2) is 8.66. The molecule has 0 radical (unpaired) electrons. The molecule has 0 fully saturated rings. The first-order chi connectivity index (χ1) is 10.2. The van der Waals surface area contributed by atoms with Gasteiger partial charge in [0.05, 0.1) is 14.2 Å². The van der Waals surface area contributed by atoms with E-state index in [0.717, 1.165) is 11.3 Å². The highest BCUT2D eigenvalue weighted by Gasteiger charge is 2.11. The van der Waals surface area contributed by atoms with Crippen LogP contribution in [0.1, 0.15) is 5.56 Å². The minimum atomic E-state index is 0. The van der Waals surface area contributed by atoms with Gasteiger partial charge >= 0.3 is 0 Å². The predicted molar refractivity (Wildman–Crippen MR) is 94.0 cm³/mol. The Morgan fingerprint density at radius 3 is 2.27 bits per heavy atom. The van der Waals surface area contributed by atoms with Gasteiger partial charge in [-0.25, -0.2) is 0 Å². The number of hydrogen-bond acceptors (Lipinski definition) is 5. The Bertz CT molecular complexity index is 597. The number of halogens is 1. The molecule has 0 heterocycles. The number of methoxy groups -OCH3 is 2. The summed E-state index contributed by atoms with van der Waals surface area (Å²) in [5.41, 5.74) is 2.02. The number of aromatic hydroxyl groups is 1. The van der Waals surface area contributed by atoms with Crippen LogP contribution < -0.4 is 14.8 Å². The molecule has 22 heavy (non-hydrogen) atoms. The maximum Gasteiger partial charge on any atom is 0.200 e. The maximum absolute atomic E-state index is 9.89. The van der Waals surface area contributed by atoms with Crippen LogP contribution in [0.5, 0.6) is 17.2 Å². The normalized spacial score (nSPS) is 9.77. The number of anilines is 1. The second-order valence-electron chi connectivity index (χ2n) is 4.43. The topological polar surface area (TPSA) is 50.7 Å². The van der Waals surface area contributed by atoms with Gasteiger partial charge in [0.2, 0.25) is 5.75 Å². The van der Waals surface area contributed by atoms with Gasteiger partial charge in [-0.3, -0.25) is 0 Å². The summed E-state index contributed by atoms with van der Waals surface area (Å²) in [6.45, 7) is 0.616. The quantitative estimate of drug-likeness (QED) is 0.772. The molecule has 0 atom stereocenters. The summed E-state index contributed by atoms with van der Waals surface area (Å²) in [5.74, 6) is 0.834. The standard InChI is InChI=1S/C16H19NO3S.ClH/c1-19-14-7-11(8-15(20-2)16(14)18)10-17-12-5-4-6-13(9-12)21-3;/h4-9,17-18H,10H2,1-3H3;1H. The summed E-state index contributed by atoms with van der Waals surface area (Å²) in [4.78, 5) is 1.21. The average Bonchev–Trinajstić information content (AvgIpc) is 2.54. The number of nitrogens with one attached hydrogen (secondary N) is 1. The van der Waals surface area contributed by atoms with E-state index >= 15 is 0 Å². The summed E-state index contributed by atoms with van der Waals surface area (Å²) < 4.78 is 10.3. The van der Waals surface area contributed by atoms with Crippen LogP contribution in [0.15, 0.2) is 41.3 Å². The number of thioether (sulfide) groups is 1. The van der Waals surface area contributed by atoms with E-state index in [1.54, 1.807) is 23.9 Å². The molecule has 120 valence electrons. The number of benzene rings is 2. The lowest BCUT2D eigenvalue weighted by atomic mass is 10.1. The highest BCUT2D eigenvalue weighted by atomic mass is 35.5. The van der Waals surface area contributed by atoms with Gasteiger partial charge in [-0.05, 0) is 42.2 Å². The number of phenolic OH excluding ortho intramolecular Hbond substituents is 1. The number of rotatable bonds is 6. The van der Waals surface area contributed by atoms with Crippen molar-refractivity contribution in [1.29, 1.82) is 0 Å². The highest BCUT2D eigenvalue weighted by molar-refractivity contribution is 7.98. The molecule has 2 aromatic rings. The second-order valence-corrected chi connectivity index (χ2v) is 5.31. The Balaban J connectivity index is 0.00000242. The van der Waals surface area contributed by atoms with E-state index in [0.29, 0.717) is 18.0 Å².